The summed E-state index contributed by atoms with van der Waals surface area (Å²) < 4.78 is 1.92. The summed E-state index contributed by atoms with van der Waals surface area (Å²) in [5.41, 5.74) is 4.66. The molecular weight excluding hydrogens is 324 g/mol. The summed E-state index contributed by atoms with van der Waals surface area (Å²) in [6, 6.07) is 8.21. The largest absolute Gasteiger partial charge is 0.366 e. The highest BCUT2D eigenvalue weighted by molar-refractivity contribution is 5.52. The Morgan fingerprint density at radius 1 is 1.08 bits per heavy atom. The van der Waals surface area contributed by atoms with E-state index in [0.29, 0.717) is 5.95 Å². The average Bonchev–Trinajstić information content (AvgIpc) is 3.03. The van der Waals surface area contributed by atoms with Crippen molar-refractivity contribution >= 4 is 17.5 Å². The normalized spacial score (nSPS) is 11.4. The highest BCUT2D eigenvalue weighted by Crippen LogP contribution is 2.19. The maximum Gasteiger partial charge on any atom is 0.229 e. The molecule has 3 rings (SSSR count). The van der Waals surface area contributed by atoms with E-state index in [1.54, 1.807) is 12.4 Å². The third-order valence-electron chi connectivity index (χ3n) is 4.27. The molecule has 0 aliphatic carbocycles. The molecule has 0 unspecified atom stereocenters. The van der Waals surface area contributed by atoms with Gasteiger partial charge in [0.1, 0.15) is 5.82 Å². The first-order valence-electron chi connectivity index (χ1n) is 8.77. The fraction of sp³-hybridized carbons (Fsp3) is 0.350. The van der Waals surface area contributed by atoms with Crippen LogP contribution < -0.4 is 10.6 Å². The van der Waals surface area contributed by atoms with E-state index >= 15 is 0 Å². The van der Waals surface area contributed by atoms with Crippen molar-refractivity contribution in [2.24, 2.45) is 0 Å². The van der Waals surface area contributed by atoms with Crippen LogP contribution in [0.15, 0.2) is 42.9 Å². The molecule has 2 N–H and O–H groups in total. The van der Waals surface area contributed by atoms with Crippen LogP contribution in [0.1, 0.15) is 37.5 Å². The number of aromatic nitrogens is 4. The molecule has 0 bridgehead atoms. The van der Waals surface area contributed by atoms with Gasteiger partial charge in [-0.25, -0.2) is 4.98 Å². The Kier molecular flexibility index (Phi) is 4.93. The number of anilines is 3. The van der Waals surface area contributed by atoms with Crippen LogP contribution in [0.5, 0.6) is 0 Å². The molecule has 0 atom stereocenters. The van der Waals surface area contributed by atoms with E-state index in [-0.39, 0.29) is 5.54 Å². The van der Waals surface area contributed by atoms with Gasteiger partial charge in [-0.05, 0) is 57.4 Å². The van der Waals surface area contributed by atoms with Gasteiger partial charge in [0, 0.05) is 18.9 Å². The molecule has 3 aromatic rings. The fourth-order valence-electron chi connectivity index (χ4n) is 2.71. The third-order valence-corrected chi connectivity index (χ3v) is 4.27. The van der Waals surface area contributed by atoms with E-state index in [2.05, 4.69) is 78.5 Å². The molecule has 136 valence electrons. The molecule has 6 nitrogen and oxygen atoms in total. The lowest BCUT2D eigenvalue weighted by Crippen LogP contribution is -2.21. The van der Waals surface area contributed by atoms with Gasteiger partial charge in [-0.15, -0.1) is 0 Å². The van der Waals surface area contributed by atoms with Crippen molar-refractivity contribution in [1.29, 1.82) is 0 Å². The Hall–Kier alpha value is -2.89. The zero-order chi connectivity index (χ0) is 18.7. The molecule has 0 radical (unpaired) electrons. The second-order valence-corrected chi connectivity index (χ2v) is 7.46. The molecule has 0 aliphatic heterocycles. The van der Waals surface area contributed by atoms with E-state index in [0.717, 1.165) is 18.1 Å². The second-order valence-electron chi connectivity index (χ2n) is 7.46. The summed E-state index contributed by atoms with van der Waals surface area (Å²) >= 11 is 0. The van der Waals surface area contributed by atoms with E-state index in [9.17, 15) is 0 Å². The van der Waals surface area contributed by atoms with Crippen LogP contribution in [0.25, 0.3) is 0 Å². The quantitative estimate of drug-likeness (QED) is 0.714. The standard InChI is InChI=1S/C20H26N6/c1-14-7-6-8-15(2)17(14)12-22-18-9-10-21-19(25-18)24-16-11-23-26(13-16)20(3,4)5/h6-11,13H,12H2,1-5H3,(H2,21,22,24,25). The lowest BCUT2D eigenvalue weighted by molar-refractivity contribution is 0.355. The Morgan fingerprint density at radius 2 is 1.81 bits per heavy atom. The minimum absolute atomic E-state index is 0.0599. The molecule has 0 fully saturated rings. The highest BCUT2D eigenvalue weighted by Gasteiger charge is 2.14. The number of nitrogens with zero attached hydrogens (tertiary/aromatic N) is 4. The summed E-state index contributed by atoms with van der Waals surface area (Å²) in [7, 11) is 0. The van der Waals surface area contributed by atoms with Crippen molar-refractivity contribution in [1.82, 2.24) is 19.7 Å². The first kappa shape index (κ1) is 17.9. The average molecular weight is 350 g/mol. The predicted octanol–water partition coefficient (Wildman–Crippen LogP) is 4.40. The van der Waals surface area contributed by atoms with Gasteiger partial charge in [0.25, 0.3) is 0 Å². The van der Waals surface area contributed by atoms with Crippen LogP contribution >= 0.6 is 0 Å². The maximum absolute atomic E-state index is 4.54. The summed E-state index contributed by atoms with van der Waals surface area (Å²) in [5.74, 6) is 1.33. The van der Waals surface area contributed by atoms with Crippen molar-refractivity contribution in [3.05, 3.63) is 59.5 Å². The van der Waals surface area contributed by atoms with Crippen molar-refractivity contribution < 1.29 is 0 Å². The molecular formula is C20H26N6. The first-order valence-corrected chi connectivity index (χ1v) is 8.77. The number of hydrogen-bond acceptors (Lipinski definition) is 5. The van der Waals surface area contributed by atoms with Gasteiger partial charge in [-0.2, -0.15) is 10.1 Å². The molecule has 0 amide bonds. The lowest BCUT2D eigenvalue weighted by Gasteiger charge is -2.18. The Balaban J connectivity index is 1.69. The summed E-state index contributed by atoms with van der Waals surface area (Å²) in [6.07, 6.45) is 5.49. The number of hydrogen-bond donors (Lipinski definition) is 2. The summed E-state index contributed by atoms with van der Waals surface area (Å²) in [5, 5.41) is 11.0. The monoisotopic (exact) mass is 350 g/mol. The van der Waals surface area contributed by atoms with Crippen molar-refractivity contribution in [2.45, 2.75) is 46.7 Å². The third kappa shape index (κ3) is 4.20. The van der Waals surface area contributed by atoms with Gasteiger partial charge < -0.3 is 10.6 Å². The minimum Gasteiger partial charge on any atom is -0.366 e. The predicted molar refractivity (Wildman–Crippen MR) is 106 cm³/mol. The van der Waals surface area contributed by atoms with Gasteiger partial charge in [-0.1, -0.05) is 18.2 Å². The van der Waals surface area contributed by atoms with Crippen molar-refractivity contribution in [3.63, 3.8) is 0 Å². The Bertz CT molecular complexity index is 871. The van der Waals surface area contributed by atoms with Gasteiger partial charge in [0.15, 0.2) is 0 Å². The molecule has 1 aromatic carbocycles. The molecule has 0 saturated heterocycles. The molecule has 2 heterocycles. The van der Waals surface area contributed by atoms with Gasteiger partial charge in [0.2, 0.25) is 5.95 Å². The zero-order valence-corrected chi connectivity index (χ0v) is 16.0. The molecule has 0 spiro atoms. The van der Waals surface area contributed by atoms with Crippen LogP contribution in [0.3, 0.4) is 0 Å². The van der Waals surface area contributed by atoms with Gasteiger partial charge in [0.05, 0.1) is 17.4 Å². The zero-order valence-electron chi connectivity index (χ0n) is 16.0. The van der Waals surface area contributed by atoms with Gasteiger partial charge in [-0.3, -0.25) is 4.68 Å². The smallest absolute Gasteiger partial charge is 0.229 e. The molecule has 0 aliphatic rings. The van der Waals surface area contributed by atoms with E-state index < -0.39 is 0 Å². The SMILES string of the molecule is Cc1cccc(C)c1CNc1ccnc(Nc2cnn(C(C)(C)C)c2)n1. The second kappa shape index (κ2) is 7.15. The van der Waals surface area contributed by atoms with E-state index in [1.807, 2.05) is 16.9 Å². The first-order chi connectivity index (χ1) is 12.3. The molecule has 6 heteroatoms. The fourth-order valence-corrected chi connectivity index (χ4v) is 2.71. The Morgan fingerprint density at radius 3 is 2.46 bits per heavy atom. The maximum atomic E-state index is 4.54. The topological polar surface area (TPSA) is 67.7 Å². The number of rotatable bonds is 5. The molecule has 0 saturated carbocycles. The Labute approximate surface area is 154 Å². The van der Waals surface area contributed by atoms with Crippen LogP contribution in [-0.2, 0) is 12.1 Å². The summed E-state index contributed by atoms with van der Waals surface area (Å²) in [6.45, 7) is 11.3. The number of nitrogens with one attached hydrogen (secondary N) is 2. The van der Waals surface area contributed by atoms with Crippen molar-refractivity contribution in [3.8, 4) is 0 Å². The molecule has 2 aromatic heterocycles. The van der Waals surface area contributed by atoms with Crippen LogP contribution in [0.4, 0.5) is 17.5 Å². The number of benzene rings is 1. The number of aryl methyl sites for hydroxylation is 2. The molecule has 26 heavy (non-hydrogen) atoms. The minimum atomic E-state index is -0.0599. The van der Waals surface area contributed by atoms with Crippen LogP contribution in [0.2, 0.25) is 0 Å². The van der Waals surface area contributed by atoms with Crippen LogP contribution in [-0.4, -0.2) is 19.7 Å². The van der Waals surface area contributed by atoms with E-state index in [1.165, 1.54) is 16.7 Å². The summed E-state index contributed by atoms with van der Waals surface area (Å²) in [4.78, 5) is 8.84. The van der Waals surface area contributed by atoms with E-state index in [4.69, 9.17) is 0 Å². The highest BCUT2D eigenvalue weighted by atomic mass is 15.3. The lowest BCUT2D eigenvalue weighted by atomic mass is 10.0. The van der Waals surface area contributed by atoms with Crippen molar-refractivity contribution in [2.75, 3.05) is 10.6 Å². The van der Waals surface area contributed by atoms with Gasteiger partial charge >= 0.3 is 0 Å². The van der Waals surface area contributed by atoms with Crippen LogP contribution in [0, 0.1) is 13.8 Å².